The molecule has 0 radical (unpaired) electrons. The molecule has 0 aliphatic heterocycles. The summed E-state index contributed by atoms with van der Waals surface area (Å²) < 4.78 is 1.95. The van der Waals surface area contributed by atoms with E-state index in [1.54, 1.807) is 22.7 Å². The molecular formula is C19H21N3S2. The minimum Gasteiger partial charge on any atom is -0.255 e. The maximum atomic E-state index is 4.75. The van der Waals surface area contributed by atoms with Crippen molar-refractivity contribution in [1.82, 2.24) is 4.68 Å². The summed E-state index contributed by atoms with van der Waals surface area (Å²) in [6.45, 7) is 8.40. The van der Waals surface area contributed by atoms with E-state index >= 15 is 0 Å². The zero-order valence-corrected chi connectivity index (χ0v) is 16.0. The molecule has 2 aromatic heterocycles. The molecule has 0 bridgehead atoms. The van der Waals surface area contributed by atoms with E-state index in [-0.39, 0.29) is 6.04 Å². The van der Waals surface area contributed by atoms with Crippen molar-refractivity contribution in [2.75, 3.05) is 0 Å². The van der Waals surface area contributed by atoms with Crippen molar-refractivity contribution < 1.29 is 0 Å². The van der Waals surface area contributed by atoms with Crippen molar-refractivity contribution in [2.45, 2.75) is 33.7 Å². The lowest BCUT2D eigenvalue weighted by atomic mass is 10.1. The minimum absolute atomic E-state index is 0.238. The molecule has 3 rings (SSSR count). The Morgan fingerprint density at radius 2 is 1.96 bits per heavy atom. The minimum atomic E-state index is 0.238. The van der Waals surface area contributed by atoms with Crippen molar-refractivity contribution in [2.24, 2.45) is 10.1 Å². The first kappa shape index (κ1) is 16.9. The van der Waals surface area contributed by atoms with Gasteiger partial charge in [0.1, 0.15) is 0 Å². The van der Waals surface area contributed by atoms with Crippen molar-refractivity contribution in [3.05, 3.63) is 62.6 Å². The molecule has 2 heterocycles. The van der Waals surface area contributed by atoms with E-state index in [1.807, 2.05) is 10.9 Å². The second-order valence-electron chi connectivity index (χ2n) is 6.02. The molecule has 24 heavy (non-hydrogen) atoms. The van der Waals surface area contributed by atoms with Crippen LogP contribution in [0.4, 0.5) is 0 Å². The SMILES string of the molecule is Cc1ccc(C=Nn2c(-c3cccs3)csc2=NC(C)C)c(C)c1. The van der Waals surface area contributed by atoms with Crippen LogP contribution >= 0.6 is 22.7 Å². The van der Waals surface area contributed by atoms with Crippen LogP contribution in [0.25, 0.3) is 10.6 Å². The van der Waals surface area contributed by atoms with Gasteiger partial charge in [0.05, 0.1) is 16.8 Å². The van der Waals surface area contributed by atoms with E-state index in [2.05, 4.69) is 68.8 Å². The van der Waals surface area contributed by atoms with E-state index in [0.717, 1.165) is 16.1 Å². The van der Waals surface area contributed by atoms with Gasteiger partial charge in [-0.1, -0.05) is 29.8 Å². The van der Waals surface area contributed by atoms with Crippen LogP contribution in [0.3, 0.4) is 0 Å². The summed E-state index contributed by atoms with van der Waals surface area (Å²) in [4.78, 5) is 6.84. The number of benzene rings is 1. The Morgan fingerprint density at radius 1 is 1.12 bits per heavy atom. The summed E-state index contributed by atoms with van der Waals surface area (Å²) in [5, 5.41) is 8.97. The van der Waals surface area contributed by atoms with Gasteiger partial charge in [-0.2, -0.15) is 5.10 Å². The van der Waals surface area contributed by atoms with E-state index in [9.17, 15) is 0 Å². The predicted octanol–water partition coefficient (Wildman–Crippen LogP) is 5.09. The molecule has 5 heteroatoms. The highest BCUT2D eigenvalue weighted by Crippen LogP contribution is 2.25. The molecule has 0 spiro atoms. The van der Waals surface area contributed by atoms with Crippen LogP contribution in [-0.4, -0.2) is 16.9 Å². The lowest BCUT2D eigenvalue weighted by Crippen LogP contribution is -2.14. The molecule has 0 aliphatic rings. The Hall–Kier alpha value is -1.98. The zero-order valence-electron chi connectivity index (χ0n) is 14.4. The fourth-order valence-corrected chi connectivity index (χ4v) is 4.17. The van der Waals surface area contributed by atoms with Crippen LogP contribution in [0.1, 0.15) is 30.5 Å². The van der Waals surface area contributed by atoms with Crippen LogP contribution in [0.2, 0.25) is 0 Å². The second kappa shape index (κ2) is 7.28. The number of thiazole rings is 1. The fourth-order valence-electron chi connectivity index (χ4n) is 2.41. The normalized spacial score (nSPS) is 12.6. The summed E-state index contributed by atoms with van der Waals surface area (Å²) in [6, 6.07) is 10.8. The Kier molecular flexibility index (Phi) is 5.11. The summed E-state index contributed by atoms with van der Waals surface area (Å²) >= 11 is 3.35. The molecule has 0 atom stereocenters. The van der Waals surface area contributed by atoms with Gasteiger partial charge in [-0.05, 0) is 50.3 Å². The van der Waals surface area contributed by atoms with Crippen molar-refractivity contribution >= 4 is 28.9 Å². The summed E-state index contributed by atoms with van der Waals surface area (Å²) in [5.41, 5.74) is 4.72. The Labute approximate surface area is 150 Å². The van der Waals surface area contributed by atoms with E-state index in [4.69, 9.17) is 10.1 Å². The number of rotatable bonds is 4. The summed E-state index contributed by atoms with van der Waals surface area (Å²) in [6.07, 6.45) is 1.93. The van der Waals surface area contributed by atoms with Crippen LogP contribution in [0.5, 0.6) is 0 Å². The molecule has 0 saturated heterocycles. The molecule has 124 valence electrons. The first-order valence-electron chi connectivity index (χ1n) is 7.94. The van der Waals surface area contributed by atoms with E-state index < -0.39 is 0 Å². The lowest BCUT2D eigenvalue weighted by Gasteiger charge is -2.04. The third kappa shape index (κ3) is 3.74. The summed E-state index contributed by atoms with van der Waals surface area (Å²) in [5.74, 6) is 0. The topological polar surface area (TPSA) is 29.6 Å². The first-order valence-corrected chi connectivity index (χ1v) is 9.70. The molecule has 0 saturated carbocycles. The maximum Gasteiger partial charge on any atom is 0.206 e. The number of aryl methyl sites for hydroxylation is 2. The molecule has 1 aromatic carbocycles. The van der Waals surface area contributed by atoms with Gasteiger partial charge in [-0.3, -0.25) is 4.99 Å². The third-order valence-corrected chi connectivity index (χ3v) is 5.29. The predicted molar refractivity (Wildman–Crippen MR) is 105 cm³/mol. The average molecular weight is 356 g/mol. The van der Waals surface area contributed by atoms with Crippen LogP contribution in [-0.2, 0) is 0 Å². The molecule has 0 unspecified atom stereocenters. The molecule has 3 aromatic rings. The monoisotopic (exact) mass is 355 g/mol. The molecular weight excluding hydrogens is 334 g/mol. The van der Waals surface area contributed by atoms with Crippen LogP contribution in [0.15, 0.2) is 51.2 Å². The lowest BCUT2D eigenvalue weighted by molar-refractivity contribution is 0.755. The van der Waals surface area contributed by atoms with Crippen molar-refractivity contribution in [1.29, 1.82) is 0 Å². The number of nitrogens with zero attached hydrogens (tertiary/aromatic N) is 3. The molecule has 0 amide bonds. The van der Waals surface area contributed by atoms with Gasteiger partial charge < -0.3 is 0 Å². The Morgan fingerprint density at radius 3 is 2.62 bits per heavy atom. The first-order chi connectivity index (χ1) is 11.5. The molecule has 0 N–H and O–H groups in total. The largest absolute Gasteiger partial charge is 0.255 e. The quantitative estimate of drug-likeness (QED) is 0.584. The van der Waals surface area contributed by atoms with Crippen molar-refractivity contribution in [3.63, 3.8) is 0 Å². The zero-order chi connectivity index (χ0) is 17.1. The van der Waals surface area contributed by atoms with Crippen LogP contribution < -0.4 is 4.80 Å². The highest BCUT2D eigenvalue weighted by Gasteiger charge is 2.08. The number of hydrogen-bond acceptors (Lipinski definition) is 4. The maximum absolute atomic E-state index is 4.75. The number of thiophene rings is 1. The van der Waals surface area contributed by atoms with Gasteiger partial charge >= 0.3 is 0 Å². The van der Waals surface area contributed by atoms with E-state index in [0.29, 0.717) is 0 Å². The molecule has 0 fully saturated rings. The number of aromatic nitrogens is 1. The van der Waals surface area contributed by atoms with Gasteiger partial charge in [0.25, 0.3) is 0 Å². The molecule has 3 nitrogen and oxygen atoms in total. The van der Waals surface area contributed by atoms with Crippen LogP contribution in [0, 0.1) is 13.8 Å². The van der Waals surface area contributed by atoms with Crippen molar-refractivity contribution in [3.8, 4) is 10.6 Å². The van der Waals surface area contributed by atoms with Gasteiger partial charge in [-0.15, -0.1) is 22.7 Å². The molecule has 0 aliphatic carbocycles. The third-order valence-electron chi connectivity index (χ3n) is 3.57. The van der Waals surface area contributed by atoms with Gasteiger partial charge in [0, 0.05) is 11.4 Å². The smallest absolute Gasteiger partial charge is 0.206 e. The van der Waals surface area contributed by atoms with Gasteiger partial charge in [-0.25, -0.2) is 4.68 Å². The Balaban J connectivity index is 2.08. The number of hydrogen-bond donors (Lipinski definition) is 0. The summed E-state index contributed by atoms with van der Waals surface area (Å²) in [7, 11) is 0. The second-order valence-corrected chi connectivity index (χ2v) is 7.80. The Bertz CT molecular complexity index is 912. The average Bonchev–Trinajstić information content (AvgIpc) is 3.15. The van der Waals surface area contributed by atoms with E-state index in [1.165, 1.54) is 16.0 Å². The van der Waals surface area contributed by atoms with Gasteiger partial charge in [0.15, 0.2) is 0 Å². The fraction of sp³-hybridized carbons (Fsp3) is 0.263. The standard InChI is InChI=1S/C19H21N3S2/c1-13(2)21-19-22(17(12-24-19)18-6-5-9-23-18)20-11-16-8-7-14(3)10-15(16)4/h5-13H,1-4H3. The highest BCUT2D eigenvalue weighted by molar-refractivity contribution is 7.14. The van der Waals surface area contributed by atoms with Gasteiger partial charge in [0.2, 0.25) is 4.80 Å². The highest BCUT2D eigenvalue weighted by atomic mass is 32.1.